The topological polar surface area (TPSA) is 93.1 Å². The van der Waals surface area contributed by atoms with Crippen molar-refractivity contribution < 1.29 is 33.7 Å². The van der Waals surface area contributed by atoms with Crippen molar-refractivity contribution in [2.24, 2.45) is 0 Å². The number of carboxylic acids is 1. The maximum absolute atomic E-state index is 13.5. The molecule has 6 nitrogen and oxygen atoms in total. The lowest BCUT2D eigenvalue weighted by atomic mass is 10.0. The molecule has 0 radical (unpaired) electrons. The van der Waals surface area contributed by atoms with Crippen LogP contribution in [0, 0.1) is 5.82 Å². The molecule has 1 unspecified atom stereocenters. The molecule has 1 atom stereocenters. The summed E-state index contributed by atoms with van der Waals surface area (Å²) in [6.45, 7) is 0. The van der Waals surface area contributed by atoms with Gasteiger partial charge in [-0.1, -0.05) is 0 Å². The summed E-state index contributed by atoms with van der Waals surface area (Å²) < 4.78 is 22.4. The molecule has 0 aromatic heterocycles. The number of methoxy groups -OCH3 is 2. The number of halogens is 1. The number of ether oxygens (including phenoxy) is 2. The van der Waals surface area contributed by atoms with Crippen molar-refractivity contribution >= 4 is 11.9 Å². The molecule has 0 fully saturated rings. The minimum Gasteiger partial charge on any atom is -0.493 e. The van der Waals surface area contributed by atoms with E-state index in [-0.39, 0.29) is 5.56 Å². The second-order valence-electron chi connectivity index (χ2n) is 3.31. The number of aliphatic hydroxyl groups is 1. The Morgan fingerprint density at radius 1 is 1.33 bits per heavy atom. The number of aliphatic hydroxyl groups excluding tert-OH is 1. The first-order valence-electron chi connectivity index (χ1n) is 4.79. The van der Waals surface area contributed by atoms with Crippen LogP contribution in [0.2, 0.25) is 0 Å². The normalized spacial score (nSPS) is 11.8. The Morgan fingerprint density at radius 3 is 2.39 bits per heavy atom. The molecule has 0 aliphatic carbocycles. The van der Waals surface area contributed by atoms with Crippen molar-refractivity contribution in [2.75, 3.05) is 14.2 Å². The fourth-order valence-electron chi connectivity index (χ4n) is 1.39. The van der Waals surface area contributed by atoms with Gasteiger partial charge >= 0.3 is 11.9 Å². The van der Waals surface area contributed by atoms with Crippen LogP contribution in [0.25, 0.3) is 0 Å². The van der Waals surface area contributed by atoms with Crippen molar-refractivity contribution in [3.05, 3.63) is 29.1 Å². The van der Waals surface area contributed by atoms with Gasteiger partial charge in [0.15, 0.2) is 17.7 Å². The van der Waals surface area contributed by atoms with Gasteiger partial charge in [-0.3, -0.25) is 0 Å². The molecule has 1 aromatic carbocycles. The number of carbonyl (C=O) groups is 2. The highest BCUT2D eigenvalue weighted by atomic mass is 19.1. The molecule has 7 heteroatoms. The van der Waals surface area contributed by atoms with Crippen molar-refractivity contribution in [1.82, 2.24) is 0 Å². The SMILES string of the molecule is COC(=O)C(O)c1cc(F)c(OC)c(C(=O)O)c1. The summed E-state index contributed by atoms with van der Waals surface area (Å²) in [7, 11) is 2.16. The molecule has 1 aromatic rings. The molecule has 0 bridgehead atoms. The Morgan fingerprint density at radius 2 is 1.94 bits per heavy atom. The van der Waals surface area contributed by atoms with Crippen LogP contribution in [0.15, 0.2) is 12.1 Å². The van der Waals surface area contributed by atoms with Gasteiger partial charge in [0.2, 0.25) is 0 Å². The lowest BCUT2D eigenvalue weighted by molar-refractivity contribution is -0.150. The van der Waals surface area contributed by atoms with Crippen LogP contribution in [0.3, 0.4) is 0 Å². The lowest BCUT2D eigenvalue weighted by Crippen LogP contribution is -2.15. The van der Waals surface area contributed by atoms with Crippen LogP contribution < -0.4 is 4.74 Å². The minimum absolute atomic E-state index is 0.224. The maximum atomic E-state index is 13.5. The summed E-state index contributed by atoms with van der Waals surface area (Å²) in [5.74, 6) is -3.92. The van der Waals surface area contributed by atoms with Crippen LogP contribution in [-0.2, 0) is 9.53 Å². The zero-order valence-electron chi connectivity index (χ0n) is 9.64. The first-order chi connectivity index (χ1) is 8.42. The molecule has 0 saturated carbocycles. The number of carboxylic acid groups (broad SMARTS) is 1. The molecular formula is C11H11FO6. The summed E-state index contributed by atoms with van der Waals surface area (Å²) in [5, 5.41) is 18.4. The second kappa shape index (κ2) is 5.46. The fraction of sp³-hybridized carbons (Fsp3) is 0.273. The Bertz CT molecular complexity index is 485. The van der Waals surface area contributed by atoms with E-state index >= 15 is 0 Å². The Kier molecular flexibility index (Phi) is 4.22. The zero-order chi connectivity index (χ0) is 13.9. The fourth-order valence-corrected chi connectivity index (χ4v) is 1.39. The second-order valence-corrected chi connectivity index (χ2v) is 3.31. The van der Waals surface area contributed by atoms with Gasteiger partial charge in [-0.15, -0.1) is 0 Å². The van der Waals surface area contributed by atoms with E-state index in [0.29, 0.717) is 0 Å². The first-order valence-corrected chi connectivity index (χ1v) is 4.79. The van der Waals surface area contributed by atoms with Crippen LogP contribution in [-0.4, -0.2) is 36.4 Å². The minimum atomic E-state index is -1.76. The predicted octanol–water partition coefficient (Wildman–Crippen LogP) is 0.739. The molecule has 2 N–H and O–H groups in total. The summed E-state index contributed by atoms with van der Waals surface area (Å²) in [6.07, 6.45) is -1.76. The van der Waals surface area contributed by atoms with Crippen LogP contribution in [0.5, 0.6) is 5.75 Å². The van der Waals surface area contributed by atoms with Crippen molar-refractivity contribution in [2.45, 2.75) is 6.10 Å². The van der Waals surface area contributed by atoms with Crippen LogP contribution >= 0.6 is 0 Å². The zero-order valence-corrected chi connectivity index (χ0v) is 9.64. The van der Waals surface area contributed by atoms with Gasteiger partial charge in [0, 0.05) is 0 Å². The number of hydrogen-bond acceptors (Lipinski definition) is 5. The number of carbonyl (C=O) groups excluding carboxylic acids is 1. The van der Waals surface area contributed by atoms with Crippen molar-refractivity contribution in [1.29, 1.82) is 0 Å². The molecule has 0 saturated heterocycles. The molecule has 1 rings (SSSR count). The maximum Gasteiger partial charge on any atom is 0.339 e. The van der Waals surface area contributed by atoms with E-state index in [4.69, 9.17) is 5.11 Å². The van der Waals surface area contributed by atoms with Crippen LogP contribution in [0.4, 0.5) is 4.39 Å². The van der Waals surface area contributed by atoms with E-state index < -0.39 is 35.2 Å². The van der Waals surface area contributed by atoms with Gasteiger partial charge in [0.25, 0.3) is 0 Å². The van der Waals surface area contributed by atoms with Crippen molar-refractivity contribution in [3.63, 3.8) is 0 Å². The molecule has 0 aliphatic rings. The number of benzene rings is 1. The quantitative estimate of drug-likeness (QED) is 0.774. The standard InChI is InChI=1S/C11H11FO6/c1-17-9-6(10(14)15)3-5(4-7(9)12)8(13)11(16)18-2/h3-4,8,13H,1-2H3,(H,14,15). The third kappa shape index (κ3) is 2.57. The van der Waals surface area contributed by atoms with E-state index in [2.05, 4.69) is 9.47 Å². The molecule has 0 heterocycles. The monoisotopic (exact) mass is 258 g/mol. The molecule has 0 amide bonds. The molecule has 18 heavy (non-hydrogen) atoms. The van der Waals surface area contributed by atoms with Crippen molar-refractivity contribution in [3.8, 4) is 5.75 Å². The number of hydrogen-bond donors (Lipinski definition) is 2. The van der Waals surface area contributed by atoms with E-state index in [1.807, 2.05) is 0 Å². The highest BCUT2D eigenvalue weighted by molar-refractivity contribution is 5.91. The summed E-state index contributed by atoms with van der Waals surface area (Å²) in [4.78, 5) is 22.0. The van der Waals surface area contributed by atoms with E-state index in [1.54, 1.807) is 0 Å². The Balaban J connectivity index is 3.33. The largest absolute Gasteiger partial charge is 0.493 e. The lowest BCUT2D eigenvalue weighted by Gasteiger charge is -2.12. The number of rotatable bonds is 4. The number of esters is 1. The van der Waals surface area contributed by atoms with E-state index in [0.717, 1.165) is 26.4 Å². The smallest absolute Gasteiger partial charge is 0.339 e. The number of aromatic carboxylic acids is 1. The average Bonchev–Trinajstić information content (AvgIpc) is 2.35. The highest BCUT2D eigenvalue weighted by Gasteiger charge is 2.24. The third-order valence-corrected chi connectivity index (χ3v) is 2.24. The Labute approximate surface area is 102 Å². The predicted molar refractivity (Wildman–Crippen MR) is 56.9 cm³/mol. The molecular weight excluding hydrogens is 247 g/mol. The van der Waals surface area contributed by atoms with Gasteiger partial charge in [-0.25, -0.2) is 14.0 Å². The van der Waals surface area contributed by atoms with E-state index in [9.17, 15) is 19.1 Å². The highest BCUT2D eigenvalue weighted by Crippen LogP contribution is 2.27. The molecule has 0 spiro atoms. The molecule has 98 valence electrons. The van der Waals surface area contributed by atoms with Gasteiger partial charge < -0.3 is 19.7 Å². The van der Waals surface area contributed by atoms with Crippen LogP contribution in [0.1, 0.15) is 22.0 Å². The summed E-state index contributed by atoms with van der Waals surface area (Å²) in [5.41, 5.74) is -0.715. The van der Waals surface area contributed by atoms with Gasteiger partial charge in [0.05, 0.1) is 14.2 Å². The summed E-state index contributed by atoms with van der Waals surface area (Å²) in [6, 6.07) is 1.76. The van der Waals surface area contributed by atoms with Gasteiger partial charge in [-0.05, 0) is 17.7 Å². The first kappa shape index (κ1) is 13.9. The summed E-state index contributed by atoms with van der Waals surface area (Å²) >= 11 is 0. The van der Waals surface area contributed by atoms with Gasteiger partial charge in [-0.2, -0.15) is 0 Å². The molecule has 0 aliphatic heterocycles. The third-order valence-electron chi connectivity index (χ3n) is 2.24. The Hall–Kier alpha value is -2.15. The van der Waals surface area contributed by atoms with E-state index in [1.165, 1.54) is 0 Å². The average molecular weight is 258 g/mol. The van der Waals surface area contributed by atoms with Gasteiger partial charge in [0.1, 0.15) is 5.56 Å².